The third-order valence-electron chi connectivity index (χ3n) is 10.4. The number of carbonyl (C=O) groups is 1. The number of rotatable bonds is 9. The van der Waals surface area contributed by atoms with Crippen LogP contribution in [-0.2, 0) is 6.54 Å². The van der Waals surface area contributed by atoms with Gasteiger partial charge in [0.2, 0.25) is 0 Å². The summed E-state index contributed by atoms with van der Waals surface area (Å²) in [6.07, 6.45) is 14.2. The number of piperidine rings is 2. The first-order chi connectivity index (χ1) is 21.2. The number of likely N-dealkylation sites (tertiary alicyclic amines) is 2. The maximum absolute atomic E-state index is 12.0. The van der Waals surface area contributed by atoms with Gasteiger partial charge in [-0.25, -0.2) is 4.79 Å². The quantitative estimate of drug-likeness (QED) is 0.277. The van der Waals surface area contributed by atoms with E-state index in [1.54, 1.807) is 0 Å². The molecule has 3 fully saturated rings. The number of anilines is 1. The first kappa shape index (κ1) is 29.2. The lowest BCUT2D eigenvalue weighted by Gasteiger charge is -2.34. The summed E-state index contributed by atoms with van der Waals surface area (Å²) in [5.41, 5.74) is 6.16. The molecule has 3 aliphatic heterocycles. The van der Waals surface area contributed by atoms with Gasteiger partial charge < -0.3 is 29.1 Å². The van der Waals surface area contributed by atoms with Gasteiger partial charge in [-0.3, -0.25) is 0 Å². The number of aromatic carboxylic acids is 1. The third-order valence-corrected chi connectivity index (χ3v) is 11.6. The van der Waals surface area contributed by atoms with Crippen molar-refractivity contribution in [3.05, 3.63) is 34.7 Å². The van der Waals surface area contributed by atoms with E-state index in [1.807, 2.05) is 6.07 Å². The van der Waals surface area contributed by atoms with Crippen LogP contribution < -0.4 is 9.64 Å². The molecule has 1 N–H and O–H groups in total. The number of carboxylic acid groups (broad SMARTS) is 1. The second kappa shape index (κ2) is 13.2. The summed E-state index contributed by atoms with van der Waals surface area (Å²) in [7, 11) is 0. The number of para-hydroxylation sites is 1. The van der Waals surface area contributed by atoms with Crippen molar-refractivity contribution in [3.63, 3.8) is 0 Å². The predicted molar refractivity (Wildman–Crippen MR) is 176 cm³/mol. The van der Waals surface area contributed by atoms with E-state index in [0.29, 0.717) is 17.4 Å². The Morgan fingerprint density at radius 2 is 1.53 bits per heavy atom. The van der Waals surface area contributed by atoms with Crippen LogP contribution in [0.2, 0.25) is 0 Å². The number of carboxylic acids is 1. The SMILES string of the molecule is O=C(O)c1cc2c(s1)c(C1CCCCC1)c1n2CCOc2c-1cccc2N(CCN1CCCCC1)CCN1CCCCC1. The Kier molecular flexibility index (Phi) is 8.96. The Bertz CT molecular complexity index is 1390. The van der Waals surface area contributed by atoms with Crippen LogP contribution in [0.25, 0.3) is 21.5 Å². The van der Waals surface area contributed by atoms with Crippen molar-refractivity contribution in [2.75, 3.05) is 63.9 Å². The van der Waals surface area contributed by atoms with E-state index in [9.17, 15) is 9.90 Å². The van der Waals surface area contributed by atoms with Crippen LogP contribution >= 0.6 is 11.3 Å². The fourth-order valence-corrected chi connectivity index (χ4v) is 9.27. The molecule has 4 aliphatic rings. The van der Waals surface area contributed by atoms with Gasteiger partial charge in [-0.1, -0.05) is 38.2 Å². The number of ether oxygens (including phenoxy) is 1. The molecule has 1 aromatic carbocycles. The largest absolute Gasteiger partial charge is 0.489 e. The molecular weight excluding hydrogens is 556 g/mol. The summed E-state index contributed by atoms with van der Waals surface area (Å²) in [5, 5.41) is 9.87. The zero-order valence-corrected chi connectivity index (χ0v) is 26.5. The minimum atomic E-state index is -0.823. The van der Waals surface area contributed by atoms with Gasteiger partial charge in [-0.2, -0.15) is 0 Å². The lowest BCUT2D eigenvalue weighted by Crippen LogP contribution is -2.42. The number of benzene rings is 1. The molecule has 3 aromatic rings. The van der Waals surface area contributed by atoms with Crippen LogP contribution in [0.15, 0.2) is 24.3 Å². The zero-order valence-electron chi connectivity index (χ0n) is 25.7. The van der Waals surface area contributed by atoms with Crippen molar-refractivity contribution in [3.8, 4) is 17.0 Å². The van der Waals surface area contributed by atoms with E-state index in [-0.39, 0.29) is 0 Å². The third kappa shape index (κ3) is 6.07. The molecule has 0 atom stereocenters. The topological polar surface area (TPSA) is 61.2 Å². The molecule has 7 rings (SSSR count). The van der Waals surface area contributed by atoms with Crippen molar-refractivity contribution in [1.82, 2.24) is 14.4 Å². The van der Waals surface area contributed by atoms with Crippen molar-refractivity contribution >= 4 is 33.2 Å². The summed E-state index contributed by atoms with van der Waals surface area (Å²) >= 11 is 1.48. The first-order valence-electron chi connectivity index (χ1n) is 17.0. The molecule has 2 aromatic heterocycles. The average Bonchev–Trinajstić information content (AvgIpc) is 3.54. The molecule has 7 nitrogen and oxygen atoms in total. The highest BCUT2D eigenvalue weighted by molar-refractivity contribution is 7.21. The molecule has 2 saturated heterocycles. The minimum Gasteiger partial charge on any atom is -0.489 e. The van der Waals surface area contributed by atoms with Gasteiger partial charge in [0, 0.05) is 31.7 Å². The van der Waals surface area contributed by atoms with Crippen LogP contribution in [-0.4, -0.2) is 84.4 Å². The van der Waals surface area contributed by atoms with Crippen LogP contribution in [0.1, 0.15) is 91.8 Å². The molecule has 43 heavy (non-hydrogen) atoms. The molecule has 8 heteroatoms. The van der Waals surface area contributed by atoms with Crippen molar-refractivity contribution < 1.29 is 14.6 Å². The Balaban J connectivity index is 1.28. The minimum absolute atomic E-state index is 0.443. The predicted octanol–water partition coefficient (Wildman–Crippen LogP) is 7.29. The normalized spacial score (nSPS) is 20.4. The smallest absolute Gasteiger partial charge is 0.345 e. The Morgan fingerprint density at radius 1 is 0.884 bits per heavy atom. The molecule has 1 aliphatic carbocycles. The van der Waals surface area contributed by atoms with E-state index < -0.39 is 5.97 Å². The summed E-state index contributed by atoms with van der Waals surface area (Å²) in [6, 6.07) is 8.69. The monoisotopic (exact) mass is 604 g/mol. The standard InChI is InChI=1S/C35H48N4O3S/c40-35(41)30-25-29-34(43-30)31(26-11-4-1-5-12-26)32-27-13-10-14-28(33(27)42-24-23-39(29)32)38(21-19-36-15-6-2-7-16-36)22-20-37-17-8-3-9-18-37/h10,13-14,25-26H,1-9,11-12,15-24H2,(H,40,41). The maximum Gasteiger partial charge on any atom is 0.345 e. The summed E-state index contributed by atoms with van der Waals surface area (Å²) in [6.45, 7) is 10.4. The number of aromatic nitrogens is 1. The van der Waals surface area contributed by atoms with E-state index in [2.05, 4.69) is 37.5 Å². The van der Waals surface area contributed by atoms with Crippen LogP contribution in [0.3, 0.4) is 0 Å². The second-order valence-electron chi connectivity index (χ2n) is 13.2. The zero-order chi connectivity index (χ0) is 29.2. The lowest BCUT2D eigenvalue weighted by atomic mass is 9.83. The number of fused-ring (bicyclic) bond motifs is 5. The molecule has 5 heterocycles. The molecule has 0 spiro atoms. The van der Waals surface area contributed by atoms with Crippen LogP contribution in [0, 0.1) is 0 Å². The molecule has 0 amide bonds. The Hall–Kier alpha value is -2.55. The molecular formula is C35H48N4O3S. The van der Waals surface area contributed by atoms with Gasteiger partial charge in [-0.05, 0) is 94.4 Å². The molecule has 0 bridgehead atoms. The van der Waals surface area contributed by atoms with Crippen molar-refractivity contribution in [2.24, 2.45) is 0 Å². The fourth-order valence-electron chi connectivity index (χ4n) is 8.14. The maximum atomic E-state index is 12.0. The van der Waals surface area contributed by atoms with E-state index in [4.69, 9.17) is 4.74 Å². The molecule has 232 valence electrons. The molecule has 1 saturated carbocycles. The lowest BCUT2D eigenvalue weighted by molar-refractivity contribution is 0.0702. The summed E-state index contributed by atoms with van der Waals surface area (Å²) < 4.78 is 10.3. The van der Waals surface area contributed by atoms with Gasteiger partial charge in [0.1, 0.15) is 11.5 Å². The highest BCUT2D eigenvalue weighted by atomic mass is 32.1. The number of nitrogens with zero attached hydrogens (tertiary/aromatic N) is 4. The summed E-state index contributed by atoms with van der Waals surface area (Å²) in [5.74, 6) is 0.673. The van der Waals surface area contributed by atoms with Gasteiger partial charge in [0.05, 0.1) is 28.1 Å². The average molecular weight is 605 g/mol. The van der Waals surface area contributed by atoms with Gasteiger partial charge in [-0.15, -0.1) is 11.3 Å². The number of hydrogen-bond donors (Lipinski definition) is 1. The van der Waals surface area contributed by atoms with E-state index in [1.165, 1.54) is 135 Å². The van der Waals surface area contributed by atoms with Crippen LogP contribution in [0.4, 0.5) is 5.69 Å². The second-order valence-corrected chi connectivity index (χ2v) is 14.2. The van der Waals surface area contributed by atoms with Gasteiger partial charge in [0.15, 0.2) is 5.75 Å². The molecule has 0 unspecified atom stereocenters. The highest BCUT2D eigenvalue weighted by Crippen LogP contribution is 2.51. The van der Waals surface area contributed by atoms with Crippen molar-refractivity contribution in [1.29, 1.82) is 0 Å². The van der Waals surface area contributed by atoms with E-state index >= 15 is 0 Å². The van der Waals surface area contributed by atoms with Crippen molar-refractivity contribution in [2.45, 2.75) is 83.1 Å². The molecule has 0 radical (unpaired) electrons. The summed E-state index contributed by atoms with van der Waals surface area (Å²) in [4.78, 5) is 20.4. The van der Waals surface area contributed by atoms with Crippen LogP contribution in [0.5, 0.6) is 5.75 Å². The van der Waals surface area contributed by atoms with Gasteiger partial charge >= 0.3 is 5.97 Å². The number of hydrogen-bond acceptors (Lipinski definition) is 6. The van der Waals surface area contributed by atoms with Gasteiger partial charge in [0.25, 0.3) is 0 Å². The van der Waals surface area contributed by atoms with E-state index in [0.717, 1.165) is 44.0 Å². The Labute approximate surface area is 260 Å². The first-order valence-corrected chi connectivity index (χ1v) is 17.8. The number of thiophene rings is 1. The fraction of sp³-hybridized carbons (Fsp3) is 0.629. The highest BCUT2D eigenvalue weighted by Gasteiger charge is 2.32. The Morgan fingerprint density at radius 3 is 2.19 bits per heavy atom.